The standard InChI is InChI=1S/2C14H17ClN2O.2ClH.H2O/c2*1-3-17(4-2)10-14-16-9-13(18-14)11-5-7-12(15)8-6-11;;;/h2*5-9H,3-4,10H2,1-2H3;2*1H;1H2. The van der Waals surface area contributed by atoms with E-state index in [0.29, 0.717) is 0 Å². The van der Waals surface area contributed by atoms with Crippen molar-refractivity contribution >= 4 is 48.0 Å². The van der Waals surface area contributed by atoms with E-state index in [0.717, 1.165) is 83.7 Å². The molecule has 11 heteroatoms. The second-order valence-corrected chi connectivity index (χ2v) is 9.05. The summed E-state index contributed by atoms with van der Waals surface area (Å²) < 4.78 is 11.5. The second kappa shape index (κ2) is 19.1. The highest BCUT2D eigenvalue weighted by Crippen LogP contribution is 2.24. The van der Waals surface area contributed by atoms with Crippen LogP contribution in [0.4, 0.5) is 0 Å². The van der Waals surface area contributed by atoms with Crippen molar-refractivity contribution in [1.82, 2.24) is 19.8 Å². The third-order valence-electron chi connectivity index (χ3n) is 5.87. The first-order valence-corrected chi connectivity index (χ1v) is 13.1. The van der Waals surface area contributed by atoms with Crippen LogP contribution in [0, 0.1) is 0 Å². The minimum atomic E-state index is 0. The lowest BCUT2D eigenvalue weighted by Gasteiger charge is -2.14. The van der Waals surface area contributed by atoms with Gasteiger partial charge in [-0.2, -0.15) is 0 Å². The van der Waals surface area contributed by atoms with Gasteiger partial charge < -0.3 is 14.3 Å². The second-order valence-electron chi connectivity index (χ2n) is 8.17. The van der Waals surface area contributed by atoms with Crippen molar-refractivity contribution in [2.75, 3.05) is 26.2 Å². The Bertz CT molecular complexity index is 1080. The van der Waals surface area contributed by atoms with Crippen LogP contribution >= 0.6 is 48.0 Å². The summed E-state index contributed by atoms with van der Waals surface area (Å²) in [6.07, 6.45) is 3.53. The Morgan fingerprint density at radius 3 is 1.18 bits per heavy atom. The number of aromatic nitrogens is 2. The summed E-state index contributed by atoms with van der Waals surface area (Å²) in [5.41, 5.74) is 2.00. The number of hydrogen-bond acceptors (Lipinski definition) is 6. The molecule has 0 amide bonds. The molecule has 0 spiro atoms. The highest BCUT2D eigenvalue weighted by molar-refractivity contribution is 6.30. The predicted molar refractivity (Wildman–Crippen MR) is 165 cm³/mol. The maximum absolute atomic E-state index is 5.86. The van der Waals surface area contributed by atoms with Gasteiger partial charge in [0.1, 0.15) is 0 Å². The SMILES string of the molecule is CCN(CC)Cc1ncc(-c2ccc(Cl)cc2)o1.CCN(CC)Cc1ncc(-c2ccc(Cl)cc2)o1.Cl.Cl.O. The van der Waals surface area contributed by atoms with E-state index in [-0.39, 0.29) is 30.3 Å². The number of oxazole rings is 2. The largest absolute Gasteiger partial charge is 0.439 e. The number of benzene rings is 2. The van der Waals surface area contributed by atoms with Crippen LogP contribution in [0.15, 0.2) is 69.8 Å². The summed E-state index contributed by atoms with van der Waals surface area (Å²) in [6.45, 7) is 14.0. The van der Waals surface area contributed by atoms with Crippen LogP contribution in [0.5, 0.6) is 0 Å². The molecule has 2 aromatic heterocycles. The molecule has 4 aromatic rings. The Hall–Kier alpha value is -2.10. The molecule has 0 unspecified atom stereocenters. The van der Waals surface area contributed by atoms with Crippen LogP contribution in [-0.4, -0.2) is 51.4 Å². The molecule has 0 aliphatic carbocycles. The van der Waals surface area contributed by atoms with Crippen LogP contribution in [-0.2, 0) is 13.1 Å². The maximum Gasteiger partial charge on any atom is 0.209 e. The van der Waals surface area contributed by atoms with Gasteiger partial charge in [0.2, 0.25) is 11.8 Å². The molecule has 0 saturated carbocycles. The fourth-order valence-corrected chi connectivity index (χ4v) is 3.79. The Balaban J connectivity index is 0.000000688. The van der Waals surface area contributed by atoms with Gasteiger partial charge in [0.05, 0.1) is 25.5 Å². The number of rotatable bonds is 10. The molecule has 0 atom stereocenters. The smallest absolute Gasteiger partial charge is 0.209 e. The van der Waals surface area contributed by atoms with Crippen molar-refractivity contribution < 1.29 is 14.3 Å². The molecule has 0 bridgehead atoms. The van der Waals surface area contributed by atoms with Gasteiger partial charge in [0.25, 0.3) is 0 Å². The summed E-state index contributed by atoms with van der Waals surface area (Å²) in [5, 5.41) is 1.45. The predicted octanol–water partition coefficient (Wildman–Crippen LogP) is 7.69. The number of hydrogen-bond donors (Lipinski definition) is 0. The molecule has 2 N–H and O–H groups in total. The molecule has 0 radical (unpaired) electrons. The summed E-state index contributed by atoms with van der Waals surface area (Å²) in [5.74, 6) is 3.08. The lowest BCUT2D eigenvalue weighted by Crippen LogP contribution is -2.22. The van der Waals surface area contributed by atoms with Gasteiger partial charge in [0, 0.05) is 21.2 Å². The van der Waals surface area contributed by atoms with Gasteiger partial charge >= 0.3 is 0 Å². The van der Waals surface area contributed by atoms with Crippen LogP contribution < -0.4 is 0 Å². The molecule has 0 saturated heterocycles. The first-order valence-electron chi connectivity index (χ1n) is 12.3. The van der Waals surface area contributed by atoms with Crippen LogP contribution in [0.1, 0.15) is 39.5 Å². The van der Waals surface area contributed by atoms with Gasteiger partial charge in [-0.3, -0.25) is 9.80 Å². The first-order chi connectivity index (χ1) is 17.4. The zero-order valence-corrected chi connectivity index (χ0v) is 25.8. The summed E-state index contributed by atoms with van der Waals surface area (Å²) in [4.78, 5) is 13.1. The van der Waals surface area contributed by atoms with Crippen molar-refractivity contribution in [3.63, 3.8) is 0 Å². The van der Waals surface area contributed by atoms with Crippen LogP contribution in [0.25, 0.3) is 22.6 Å². The average Bonchev–Trinajstić information content (AvgIpc) is 3.57. The van der Waals surface area contributed by atoms with E-state index in [9.17, 15) is 0 Å². The third-order valence-corrected chi connectivity index (χ3v) is 6.38. The number of nitrogens with zero attached hydrogens (tertiary/aromatic N) is 4. The molecular formula is C28H38Cl4N4O3. The van der Waals surface area contributed by atoms with Crippen molar-refractivity contribution in [3.8, 4) is 22.6 Å². The highest BCUT2D eigenvalue weighted by Gasteiger charge is 2.10. The lowest BCUT2D eigenvalue weighted by molar-refractivity contribution is 0.264. The quantitative estimate of drug-likeness (QED) is 0.181. The van der Waals surface area contributed by atoms with Gasteiger partial charge in [-0.1, -0.05) is 50.9 Å². The summed E-state index contributed by atoms with van der Waals surface area (Å²) >= 11 is 11.7. The van der Waals surface area contributed by atoms with Crippen LogP contribution in [0.2, 0.25) is 10.0 Å². The Morgan fingerprint density at radius 2 is 0.897 bits per heavy atom. The van der Waals surface area contributed by atoms with Crippen molar-refractivity contribution in [2.24, 2.45) is 0 Å². The first kappa shape index (κ1) is 36.9. The molecule has 0 fully saturated rings. The van der Waals surface area contributed by atoms with E-state index in [2.05, 4.69) is 47.5 Å². The van der Waals surface area contributed by atoms with E-state index in [1.807, 2.05) is 48.5 Å². The molecule has 2 heterocycles. The van der Waals surface area contributed by atoms with E-state index >= 15 is 0 Å². The molecule has 0 aliphatic rings. The minimum Gasteiger partial charge on any atom is -0.439 e. The molecule has 2 aromatic carbocycles. The van der Waals surface area contributed by atoms with Crippen molar-refractivity contribution in [2.45, 2.75) is 40.8 Å². The Labute approximate surface area is 253 Å². The summed E-state index contributed by atoms with van der Waals surface area (Å²) in [7, 11) is 0. The molecule has 216 valence electrons. The maximum atomic E-state index is 5.86. The fourth-order valence-electron chi connectivity index (χ4n) is 3.54. The Morgan fingerprint density at radius 1 is 0.590 bits per heavy atom. The number of halogens is 4. The van der Waals surface area contributed by atoms with Crippen LogP contribution in [0.3, 0.4) is 0 Å². The van der Waals surface area contributed by atoms with Gasteiger partial charge in [-0.25, -0.2) is 9.97 Å². The fraction of sp³-hybridized carbons (Fsp3) is 0.357. The van der Waals surface area contributed by atoms with E-state index in [4.69, 9.17) is 32.0 Å². The zero-order valence-electron chi connectivity index (χ0n) is 22.7. The zero-order chi connectivity index (χ0) is 25.9. The lowest BCUT2D eigenvalue weighted by atomic mass is 10.2. The van der Waals surface area contributed by atoms with Gasteiger partial charge in [-0.05, 0) is 74.7 Å². The van der Waals surface area contributed by atoms with Gasteiger partial charge in [-0.15, -0.1) is 24.8 Å². The normalized spacial score (nSPS) is 10.3. The topological polar surface area (TPSA) is 90.0 Å². The van der Waals surface area contributed by atoms with Gasteiger partial charge in [0.15, 0.2) is 11.5 Å². The third kappa shape index (κ3) is 11.5. The highest BCUT2D eigenvalue weighted by atomic mass is 35.5. The average molecular weight is 620 g/mol. The molecule has 4 rings (SSSR count). The molecule has 0 aliphatic heterocycles. The monoisotopic (exact) mass is 618 g/mol. The minimum absolute atomic E-state index is 0. The molecule has 39 heavy (non-hydrogen) atoms. The van der Waals surface area contributed by atoms with Crippen molar-refractivity contribution in [3.05, 3.63) is 82.8 Å². The van der Waals surface area contributed by atoms with E-state index in [1.165, 1.54) is 0 Å². The van der Waals surface area contributed by atoms with E-state index < -0.39 is 0 Å². The van der Waals surface area contributed by atoms with Crippen molar-refractivity contribution in [1.29, 1.82) is 0 Å². The molecular weight excluding hydrogens is 582 g/mol. The summed E-state index contributed by atoms with van der Waals surface area (Å²) in [6, 6.07) is 15.1. The Kier molecular flexibility index (Phi) is 18.0. The van der Waals surface area contributed by atoms with E-state index in [1.54, 1.807) is 12.4 Å². The molecule has 7 nitrogen and oxygen atoms in total.